The van der Waals surface area contributed by atoms with Gasteiger partial charge in [-0.2, -0.15) is 11.3 Å². The summed E-state index contributed by atoms with van der Waals surface area (Å²) < 4.78 is 13.4. The van der Waals surface area contributed by atoms with E-state index in [1.165, 1.54) is 12.1 Å². The predicted octanol–water partition coefficient (Wildman–Crippen LogP) is 4.67. The van der Waals surface area contributed by atoms with Crippen LogP contribution in [0.4, 0.5) is 4.39 Å². The van der Waals surface area contributed by atoms with Crippen molar-refractivity contribution in [3.63, 3.8) is 0 Å². The summed E-state index contributed by atoms with van der Waals surface area (Å²) in [6, 6.07) is 9.95. The number of rotatable bonds is 3. The first-order valence-electron chi connectivity index (χ1n) is 9.03. The van der Waals surface area contributed by atoms with E-state index in [1.54, 1.807) is 28.4 Å². The number of likely N-dealkylation sites (tertiary alicyclic amines) is 1. The molecule has 0 unspecified atom stereocenters. The van der Waals surface area contributed by atoms with Crippen molar-refractivity contribution in [1.29, 1.82) is 0 Å². The molecule has 1 fully saturated rings. The van der Waals surface area contributed by atoms with E-state index >= 15 is 0 Å². The van der Waals surface area contributed by atoms with Gasteiger partial charge < -0.3 is 4.90 Å². The fraction of sp³-hybridized carbons (Fsp3) is 0.286. The average molecular weight is 381 g/mol. The number of benzene rings is 1. The molecule has 1 amide bonds. The van der Waals surface area contributed by atoms with Crippen LogP contribution >= 0.6 is 11.3 Å². The zero-order valence-corrected chi connectivity index (χ0v) is 15.9. The van der Waals surface area contributed by atoms with Gasteiger partial charge in [-0.15, -0.1) is 0 Å². The SMILES string of the molecule is Cc1cc(-c2ccsc2)nc(C2CCN(C(=O)c3cccc(F)c3)CC2)n1. The maximum Gasteiger partial charge on any atom is 0.253 e. The minimum absolute atomic E-state index is 0.114. The van der Waals surface area contributed by atoms with Gasteiger partial charge in [0.15, 0.2) is 0 Å². The maximum atomic E-state index is 13.4. The van der Waals surface area contributed by atoms with Gasteiger partial charge in [0.2, 0.25) is 0 Å². The Labute approximate surface area is 161 Å². The summed E-state index contributed by atoms with van der Waals surface area (Å²) in [5.74, 6) is 0.592. The summed E-state index contributed by atoms with van der Waals surface area (Å²) in [6.07, 6.45) is 1.63. The highest BCUT2D eigenvalue weighted by Crippen LogP contribution is 2.29. The standard InChI is InChI=1S/C21H20FN3OS/c1-14-11-19(17-7-10-27-13-17)24-20(23-14)15-5-8-25(9-6-15)21(26)16-3-2-4-18(22)12-16/h2-4,7,10-13,15H,5-6,8-9H2,1H3. The van der Waals surface area contributed by atoms with Gasteiger partial charge in [-0.1, -0.05) is 6.07 Å². The molecule has 2 aromatic heterocycles. The van der Waals surface area contributed by atoms with Crippen LogP contribution in [0, 0.1) is 12.7 Å². The first kappa shape index (κ1) is 17.8. The second-order valence-corrected chi connectivity index (χ2v) is 7.62. The maximum absolute atomic E-state index is 13.4. The summed E-state index contributed by atoms with van der Waals surface area (Å²) in [5.41, 5.74) is 3.43. The van der Waals surface area contributed by atoms with Gasteiger partial charge in [-0.3, -0.25) is 4.79 Å². The van der Waals surface area contributed by atoms with Crippen molar-refractivity contribution in [3.05, 3.63) is 70.1 Å². The van der Waals surface area contributed by atoms with Crippen LogP contribution in [-0.2, 0) is 0 Å². The van der Waals surface area contributed by atoms with E-state index in [2.05, 4.69) is 16.4 Å². The minimum atomic E-state index is -0.384. The van der Waals surface area contributed by atoms with E-state index in [9.17, 15) is 9.18 Å². The van der Waals surface area contributed by atoms with Crippen molar-refractivity contribution in [1.82, 2.24) is 14.9 Å². The Hall–Kier alpha value is -2.60. The number of halogens is 1. The van der Waals surface area contributed by atoms with Crippen LogP contribution in [0.25, 0.3) is 11.3 Å². The van der Waals surface area contributed by atoms with Gasteiger partial charge in [-0.25, -0.2) is 14.4 Å². The number of carbonyl (C=O) groups is 1. The van der Waals surface area contributed by atoms with Crippen molar-refractivity contribution in [3.8, 4) is 11.3 Å². The molecule has 4 rings (SSSR count). The topological polar surface area (TPSA) is 46.1 Å². The monoisotopic (exact) mass is 381 g/mol. The number of carbonyl (C=O) groups excluding carboxylic acids is 1. The van der Waals surface area contributed by atoms with Crippen LogP contribution in [0.3, 0.4) is 0 Å². The molecule has 27 heavy (non-hydrogen) atoms. The van der Waals surface area contributed by atoms with E-state index in [4.69, 9.17) is 4.98 Å². The molecule has 138 valence electrons. The van der Waals surface area contributed by atoms with E-state index < -0.39 is 0 Å². The van der Waals surface area contributed by atoms with Gasteiger partial charge in [0.25, 0.3) is 5.91 Å². The lowest BCUT2D eigenvalue weighted by Gasteiger charge is -2.31. The Bertz CT molecular complexity index is 950. The quantitative estimate of drug-likeness (QED) is 0.662. The highest BCUT2D eigenvalue weighted by molar-refractivity contribution is 7.08. The average Bonchev–Trinajstić information content (AvgIpc) is 3.22. The third-order valence-electron chi connectivity index (χ3n) is 4.91. The van der Waals surface area contributed by atoms with E-state index in [0.717, 1.165) is 35.6 Å². The number of hydrogen-bond acceptors (Lipinski definition) is 4. The van der Waals surface area contributed by atoms with Crippen LogP contribution in [0.15, 0.2) is 47.2 Å². The van der Waals surface area contributed by atoms with Gasteiger partial charge >= 0.3 is 0 Å². The highest BCUT2D eigenvalue weighted by Gasteiger charge is 2.26. The lowest BCUT2D eigenvalue weighted by atomic mass is 9.95. The zero-order chi connectivity index (χ0) is 18.8. The van der Waals surface area contributed by atoms with Gasteiger partial charge in [-0.05, 0) is 55.5 Å². The summed E-state index contributed by atoms with van der Waals surface area (Å²) in [4.78, 5) is 23.8. The van der Waals surface area contributed by atoms with Crippen LogP contribution in [0.5, 0.6) is 0 Å². The van der Waals surface area contributed by atoms with Crippen LogP contribution in [-0.4, -0.2) is 33.9 Å². The van der Waals surface area contributed by atoms with Crippen molar-refractivity contribution < 1.29 is 9.18 Å². The fourth-order valence-electron chi connectivity index (χ4n) is 3.48. The molecular weight excluding hydrogens is 361 g/mol. The molecule has 4 nitrogen and oxygen atoms in total. The summed E-state index contributed by atoms with van der Waals surface area (Å²) >= 11 is 1.65. The summed E-state index contributed by atoms with van der Waals surface area (Å²) in [6.45, 7) is 3.25. The Morgan fingerprint density at radius 1 is 1.19 bits per heavy atom. The normalized spacial score (nSPS) is 15.1. The Morgan fingerprint density at radius 2 is 2.00 bits per heavy atom. The molecule has 0 aliphatic carbocycles. The summed E-state index contributed by atoms with van der Waals surface area (Å²) in [5, 5.41) is 4.13. The number of thiophene rings is 1. The fourth-order valence-corrected chi connectivity index (χ4v) is 4.13. The molecule has 1 saturated heterocycles. The molecule has 6 heteroatoms. The third-order valence-corrected chi connectivity index (χ3v) is 5.59. The second kappa shape index (κ2) is 7.56. The van der Waals surface area contributed by atoms with E-state index in [0.29, 0.717) is 18.7 Å². The molecule has 3 heterocycles. The number of hydrogen-bond donors (Lipinski definition) is 0. The second-order valence-electron chi connectivity index (χ2n) is 6.84. The van der Waals surface area contributed by atoms with Crippen LogP contribution in [0.1, 0.15) is 40.6 Å². The lowest BCUT2D eigenvalue weighted by molar-refractivity contribution is 0.0710. The predicted molar refractivity (Wildman–Crippen MR) is 104 cm³/mol. The minimum Gasteiger partial charge on any atom is -0.339 e. The van der Waals surface area contributed by atoms with Crippen LogP contribution in [0.2, 0.25) is 0 Å². The van der Waals surface area contributed by atoms with Crippen molar-refractivity contribution in [2.75, 3.05) is 13.1 Å². The zero-order valence-electron chi connectivity index (χ0n) is 15.1. The molecule has 0 N–H and O–H groups in total. The third kappa shape index (κ3) is 3.90. The molecule has 1 aromatic carbocycles. The van der Waals surface area contributed by atoms with Gasteiger partial charge in [0, 0.05) is 41.2 Å². The largest absolute Gasteiger partial charge is 0.339 e. The van der Waals surface area contributed by atoms with Crippen molar-refractivity contribution in [2.45, 2.75) is 25.7 Å². The lowest BCUT2D eigenvalue weighted by Crippen LogP contribution is -2.38. The molecular formula is C21H20FN3OS. The van der Waals surface area contributed by atoms with Gasteiger partial charge in [0.1, 0.15) is 11.6 Å². The van der Waals surface area contributed by atoms with E-state index in [-0.39, 0.29) is 17.6 Å². The number of aromatic nitrogens is 2. The van der Waals surface area contributed by atoms with Gasteiger partial charge in [0.05, 0.1) is 5.69 Å². The number of nitrogens with zero attached hydrogens (tertiary/aromatic N) is 3. The summed E-state index contributed by atoms with van der Waals surface area (Å²) in [7, 11) is 0. The highest BCUT2D eigenvalue weighted by atomic mass is 32.1. The smallest absolute Gasteiger partial charge is 0.253 e. The Morgan fingerprint density at radius 3 is 2.70 bits per heavy atom. The number of amides is 1. The molecule has 1 aliphatic rings. The molecule has 0 saturated carbocycles. The molecule has 1 aliphatic heterocycles. The Balaban J connectivity index is 1.47. The number of aryl methyl sites for hydroxylation is 1. The van der Waals surface area contributed by atoms with Crippen LogP contribution < -0.4 is 0 Å². The molecule has 0 atom stereocenters. The Kier molecular flexibility index (Phi) is 4.99. The first-order chi connectivity index (χ1) is 13.1. The van der Waals surface area contributed by atoms with Crippen molar-refractivity contribution >= 4 is 17.2 Å². The molecule has 0 radical (unpaired) electrons. The molecule has 0 bridgehead atoms. The van der Waals surface area contributed by atoms with Crippen molar-refractivity contribution in [2.24, 2.45) is 0 Å². The van der Waals surface area contributed by atoms with E-state index in [1.807, 2.05) is 18.4 Å². The number of piperidine rings is 1. The molecule has 3 aromatic rings. The molecule has 0 spiro atoms. The first-order valence-corrected chi connectivity index (χ1v) is 9.97.